The molecule has 2 unspecified atom stereocenters. The first-order chi connectivity index (χ1) is 13.8. The molecule has 0 aliphatic carbocycles. The number of ether oxygens (including phenoxy) is 1. The van der Waals surface area contributed by atoms with E-state index in [-0.39, 0.29) is 42.5 Å². The van der Waals surface area contributed by atoms with Gasteiger partial charge in [-0.1, -0.05) is 17.2 Å². The Morgan fingerprint density at radius 2 is 2.03 bits per heavy atom. The van der Waals surface area contributed by atoms with E-state index >= 15 is 0 Å². The van der Waals surface area contributed by atoms with E-state index in [4.69, 9.17) is 10.3 Å². The first-order valence-corrected chi connectivity index (χ1v) is 8.62. The number of hydrogen-bond acceptors (Lipinski definition) is 7. The zero-order valence-corrected chi connectivity index (χ0v) is 15.8. The Bertz CT molecular complexity index is 931. The van der Waals surface area contributed by atoms with Crippen LogP contribution in [-0.4, -0.2) is 47.3 Å². The minimum atomic E-state index is -1.26. The molecular formula is C18H19N5O6. The second-order valence-corrected chi connectivity index (χ2v) is 6.34. The normalized spacial score (nSPS) is 18.6. The number of carbonyl (C=O) groups excluding carboxylic acids is 1. The monoisotopic (exact) mass is 401 g/mol. The maximum absolute atomic E-state index is 12.3. The van der Waals surface area contributed by atoms with Crippen LogP contribution in [0.4, 0.5) is 5.69 Å². The number of rotatable bonds is 9. The van der Waals surface area contributed by atoms with Gasteiger partial charge in [0.25, 0.3) is 5.69 Å². The Morgan fingerprint density at radius 3 is 2.55 bits per heavy atom. The number of aliphatic imine (C=N–C) groups is 1. The number of Topliss-reactive ketones (excluding diaryl/α,β-unsaturated/α-hetero) is 1. The Hall–Kier alpha value is -3.56. The van der Waals surface area contributed by atoms with Crippen LogP contribution < -0.4 is 0 Å². The molecule has 0 spiro atoms. The topological polar surface area (TPSA) is 168 Å². The van der Waals surface area contributed by atoms with Gasteiger partial charge in [-0.25, -0.2) is 4.79 Å². The lowest BCUT2D eigenvalue weighted by Crippen LogP contribution is -2.34. The fourth-order valence-electron chi connectivity index (χ4n) is 3.31. The van der Waals surface area contributed by atoms with E-state index in [0.717, 1.165) is 0 Å². The molecule has 11 nitrogen and oxygen atoms in total. The van der Waals surface area contributed by atoms with E-state index in [0.29, 0.717) is 11.3 Å². The van der Waals surface area contributed by atoms with Gasteiger partial charge in [0.2, 0.25) is 0 Å². The van der Waals surface area contributed by atoms with Crippen LogP contribution in [0.2, 0.25) is 0 Å². The van der Waals surface area contributed by atoms with E-state index in [1.165, 1.54) is 31.2 Å². The van der Waals surface area contributed by atoms with Crippen molar-refractivity contribution in [1.29, 1.82) is 0 Å². The standard InChI is InChI=1S/C18H19N5O6/c1-10-15(11(2)24)16(12-3-5-13(6-4-12)23(27)28)17(18(25)26)14(21-10)9-29-8-7-20-22-19/h3-6,15-16H,7-9H2,1-2H3,(H,25,26). The highest BCUT2D eigenvalue weighted by atomic mass is 16.6. The van der Waals surface area contributed by atoms with Gasteiger partial charge in [0.15, 0.2) is 0 Å². The molecule has 0 fully saturated rings. The summed E-state index contributed by atoms with van der Waals surface area (Å²) in [7, 11) is 0. The van der Waals surface area contributed by atoms with Crippen LogP contribution in [0.25, 0.3) is 10.4 Å². The summed E-state index contributed by atoms with van der Waals surface area (Å²) in [4.78, 5) is 41.6. The predicted octanol–water partition coefficient (Wildman–Crippen LogP) is 3.02. The van der Waals surface area contributed by atoms with Crippen LogP contribution in [-0.2, 0) is 14.3 Å². The van der Waals surface area contributed by atoms with Crippen molar-refractivity contribution < 1.29 is 24.4 Å². The third-order valence-corrected chi connectivity index (χ3v) is 4.49. The second-order valence-electron chi connectivity index (χ2n) is 6.34. The number of carboxylic acid groups (broad SMARTS) is 1. The molecule has 1 aliphatic heterocycles. The van der Waals surface area contributed by atoms with Gasteiger partial charge in [0.1, 0.15) is 5.78 Å². The van der Waals surface area contributed by atoms with E-state index < -0.39 is 22.7 Å². The zero-order valence-electron chi connectivity index (χ0n) is 15.8. The van der Waals surface area contributed by atoms with E-state index in [2.05, 4.69) is 15.0 Å². The van der Waals surface area contributed by atoms with Crippen LogP contribution in [0, 0.1) is 16.0 Å². The Morgan fingerprint density at radius 1 is 1.38 bits per heavy atom. The Kier molecular flexibility index (Phi) is 7.18. The fourth-order valence-corrected chi connectivity index (χ4v) is 3.31. The number of ketones is 1. The van der Waals surface area contributed by atoms with Gasteiger partial charge < -0.3 is 9.84 Å². The molecule has 0 saturated carbocycles. The Labute approximate surface area is 165 Å². The highest BCUT2D eigenvalue weighted by Gasteiger charge is 2.40. The maximum atomic E-state index is 12.3. The number of hydrogen-bond donors (Lipinski definition) is 1. The number of carbonyl (C=O) groups is 2. The molecule has 1 aromatic rings. The van der Waals surface area contributed by atoms with Gasteiger partial charge in [0, 0.05) is 35.2 Å². The molecular weight excluding hydrogens is 382 g/mol. The third kappa shape index (κ3) is 5.03. The Balaban J connectivity index is 2.49. The van der Waals surface area contributed by atoms with Crippen LogP contribution in [0.15, 0.2) is 45.6 Å². The number of benzene rings is 1. The lowest BCUT2D eigenvalue weighted by atomic mass is 9.74. The van der Waals surface area contributed by atoms with Crippen LogP contribution >= 0.6 is 0 Å². The predicted molar refractivity (Wildman–Crippen MR) is 103 cm³/mol. The molecule has 1 heterocycles. The number of aliphatic carboxylic acids is 1. The van der Waals surface area contributed by atoms with E-state index in [9.17, 15) is 24.8 Å². The number of nitro groups is 1. The van der Waals surface area contributed by atoms with Crippen molar-refractivity contribution in [2.24, 2.45) is 16.0 Å². The molecule has 1 N–H and O–H groups in total. The van der Waals surface area contributed by atoms with E-state index in [1.54, 1.807) is 6.92 Å². The first kappa shape index (κ1) is 21.7. The highest BCUT2D eigenvalue weighted by Crippen LogP contribution is 2.40. The maximum Gasteiger partial charge on any atom is 0.334 e. The van der Waals surface area contributed by atoms with Gasteiger partial charge in [-0.05, 0) is 24.9 Å². The van der Waals surface area contributed by atoms with Gasteiger partial charge >= 0.3 is 5.97 Å². The summed E-state index contributed by atoms with van der Waals surface area (Å²) in [5.41, 5.74) is 9.07. The van der Waals surface area contributed by atoms with Gasteiger partial charge in [-0.3, -0.25) is 19.9 Å². The molecule has 2 atom stereocenters. The van der Waals surface area contributed by atoms with Crippen molar-refractivity contribution in [1.82, 2.24) is 0 Å². The summed E-state index contributed by atoms with van der Waals surface area (Å²) in [6.07, 6.45) is 0. The average molecular weight is 401 g/mol. The molecule has 0 aromatic heterocycles. The van der Waals surface area contributed by atoms with Crippen molar-refractivity contribution in [3.63, 3.8) is 0 Å². The van der Waals surface area contributed by atoms with Crippen LogP contribution in [0.3, 0.4) is 0 Å². The van der Waals surface area contributed by atoms with Crippen LogP contribution in [0.5, 0.6) is 0 Å². The first-order valence-electron chi connectivity index (χ1n) is 8.62. The molecule has 1 aromatic carbocycles. The van der Waals surface area contributed by atoms with Gasteiger partial charge in [-0.15, -0.1) is 0 Å². The number of carboxylic acids is 1. The largest absolute Gasteiger partial charge is 0.478 e. The van der Waals surface area contributed by atoms with E-state index in [1.807, 2.05) is 0 Å². The van der Waals surface area contributed by atoms with Gasteiger partial charge in [-0.2, -0.15) is 0 Å². The van der Waals surface area contributed by atoms with Crippen molar-refractivity contribution >= 4 is 23.2 Å². The molecule has 29 heavy (non-hydrogen) atoms. The fraction of sp³-hybridized carbons (Fsp3) is 0.389. The summed E-state index contributed by atoms with van der Waals surface area (Å²) < 4.78 is 5.37. The summed E-state index contributed by atoms with van der Waals surface area (Å²) in [6, 6.07) is 5.42. The summed E-state index contributed by atoms with van der Waals surface area (Å²) in [5, 5.41) is 24.1. The molecule has 11 heteroatoms. The molecule has 0 saturated heterocycles. The quantitative estimate of drug-likeness (QED) is 0.166. The SMILES string of the molecule is CC(=O)C1C(C)=NC(COCCN=[N+]=[N-])=C(C(=O)O)C1c1ccc([N+](=O)[O-])cc1. The zero-order chi connectivity index (χ0) is 21.6. The lowest BCUT2D eigenvalue weighted by molar-refractivity contribution is -0.384. The van der Waals surface area contributed by atoms with Gasteiger partial charge in [0.05, 0.1) is 35.3 Å². The van der Waals surface area contributed by atoms with Crippen molar-refractivity contribution in [2.45, 2.75) is 19.8 Å². The molecule has 152 valence electrons. The molecule has 2 rings (SSSR count). The molecule has 0 radical (unpaired) electrons. The minimum Gasteiger partial charge on any atom is -0.478 e. The smallest absolute Gasteiger partial charge is 0.334 e. The molecule has 0 bridgehead atoms. The number of nitro benzene ring substituents is 1. The summed E-state index contributed by atoms with van der Waals surface area (Å²) in [6.45, 7) is 2.99. The number of nitrogens with zero attached hydrogens (tertiary/aromatic N) is 5. The number of non-ortho nitro benzene ring substituents is 1. The summed E-state index contributed by atoms with van der Waals surface area (Å²) in [5.74, 6) is -3.20. The lowest BCUT2D eigenvalue weighted by Gasteiger charge is -2.31. The van der Waals surface area contributed by atoms with Crippen molar-refractivity contribution in [3.8, 4) is 0 Å². The second kappa shape index (κ2) is 9.58. The van der Waals surface area contributed by atoms with Crippen LogP contribution in [0.1, 0.15) is 25.3 Å². The average Bonchev–Trinajstić information content (AvgIpc) is 2.66. The molecule has 1 aliphatic rings. The highest BCUT2D eigenvalue weighted by molar-refractivity contribution is 6.08. The minimum absolute atomic E-state index is 0.0767. The summed E-state index contributed by atoms with van der Waals surface area (Å²) >= 11 is 0. The molecule has 0 amide bonds. The van der Waals surface area contributed by atoms with Crippen molar-refractivity contribution in [2.75, 3.05) is 19.8 Å². The van der Waals surface area contributed by atoms with Crippen molar-refractivity contribution in [3.05, 3.63) is 61.7 Å². The number of azide groups is 1. The third-order valence-electron chi connectivity index (χ3n) is 4.49.